The molecule has 0 saturated heterocycles. The summed E-state index contributed by atoms with van der Waals surface area (Å²) in [5.74, 6) is 0. The molecule has 0 atom stereocenters. The molecular formula is C15H10BrN3. The lowest BCUT2D eigenvalue weighted by atomic mass is 10.1. The fourth-order valence-corrected chi connectivity index (χ4v) is 2.60. The van der Waals surface area contributed by atoms with E-state index in [0.717, 1.165) is 27.6 Å². The van der Waals surface area contributed by atoms with Crippen molar-refractivity contribution in [2.45, 2.75) is 6.54 Å². The molecule has 3 aromatic rings. The Hall–Kier alpha value is -2.12. The van der Waals surface area contributed by atoms with Crippen molar-refractivity contribution in [2.24, 2.45) is 0 Å². The summed E-state index contributed by atoms with van der Waals surface area (Å²) in [7, 11) is 0. The Bertz CT molecular complexity index is 783. The number of nitrogens with zero attached hydrogens (tertiary/aromatic N) is 3. The molecule has 1 heterocycles. The predicted molar refractivity (Wildman–Crippen MR) is 77.7 cm³/mol. The average Bonchev–Trinajstić information content (AvgIpc) is 2.83. The van der Waals surface area contributed by atoms with Crippen LogP contribution >= 0.6 is 15.9 Å². The van der Waals surface area contributed by atoms with Gasteiger partial charge >= 0.3 is 0 Å². The van der Waals surface area contributed by atoms with Gasteiger partial charge in [-0.05, 0) is 45.8 Å². The van der Waals surface area contributed by atoms with E-state index in [2.05, 4.69) is 37.6 Å². The van der Waals surface area contributed by atoms with Crippen LogP contribution in [0.25, 0.3) is 11.0 Å². The molecule has 92 valence electrons. The number of para-hydroxylation sites is 2. The van der Waals surface area contributed by atoms with Gasteiger partial charge in [-0.1, -0.05) is 18.2 Å². The standard InChI is InChI=1S/C15H10BrN3/c16-13-7-11(5-6-12(13)8-17)9-19-10-18-14-3-1-2-4-15(14)19/h1-7,10H,9H2. The van der Waals surface area contributed by atoms with E-state index in [9.17, 15) is 0 Å². The van der Waals surface area contributed by atoms with E-state index in [1.165, 1.54) is 0 Å². The minimum absolute atomic E-state index is 0.652. The zero-order chi connectivity index (χ0) is 13.2. The second kappa shape index (κ2) is 4.87. The Labute approximate surface area is 119 Å². The minimum atomic E-state index is 0.652. The predicted octanol–water partition coefficient (Wildman–Crippen LogP) is 3.72. The number of hydrogen-bond donors (Lipinski definition) is 0. The maximum Gasteiger partial charge on any atom is 0.100 e. The van der Waals surface area contributed by atoms with Gasteiger partial charge in [0.15, 0.2) is 0 Å². The SMILES string of the molecule is N#Cc1ccc(Cn2cnc3ccccc32)cc1Br. The second-order valence-corrected chi connectivity index (χ2v) is 5.14. The van der Waals surface area contributed by atoms with Crippen molar-refractivity contribution < 1.29 is 0 Å². The molecule has 2 aromatic carbocycles. The lowest BCUT2D eigenvalue weighted by molar-refractivity contribution is 0.824. The highest BCUT2D eigenvalue weighted by Gasteiger charge is 2.04. The summed E-state index contributed by atoms with van der Waals surface area (Å²) in [6.45, 7) is 0.741. The van der Waals surface area contributed by atoms with Crippen LogP contribution in [0, 0.1) is 11.3 Å². The maximum atomic E-state index is 8.91. The van der Waals surface area contributed by atoms with E-state index < -0.39 is 0 Å². The maximum absolute atomic E-state index is 8.91. The molecular weight excluding hydrogens is 302 g/mol. The quantitative estimate of drug-likeness (QED) is 0.724. The first-order valence-corrected chi connectivity index (χ1v) is 6.65. The van der Waals surface area contributed by atoms with Crippen LogP contribution in [-0.2, 0) is 6.54 Å². The van der Waals surface area contributed by atoms with Crippen LogP contribution in [0.15, 0.2) is 53.3 Å². The highest BCUT2D eigenvalue weighted by molar-refractivity contribution is 9.10. The fraction of sp³-hybridized carbons (Fsp3) is 0.0667. The second-order valence-electron chi connectivity index (χ2n) is 4.29. The number of benzene rings is 2. The largest absolute Gasteiger partial charge is 0.326 e. The highest BCUT2D eigenvalue weighted by Crippen LogP contribution is 2.20. The van der Waals surface area contributed by atoms with E-state index in [4.69, 9.17) is 5.26 Å². The van der Waals surface area contributed by atoms with Crippen molar-refractivity contribution in [3.63, 3.8) is 0 Å². The molecule has 0 amide bonds. The first-order valence-electron chi connectivity index (χ1n) is 5.86. The van der Waals surface area contributed by atoms with E-state index >= 15 is 0 Å². The molecule has 0 aliphatic carbocycles. The summed E-state index contributed by atoms with van der Waals surface area (Å²) in [6, 6.07) is 16.0. The molecule has 0 radical (unpaired) electrons. The van der Waals surface area contributed by atoms with Gasteiger partial charge in [0.1, 0.15) is 6.07 Å². The Morgan fingerprint density at radius 2 is 2.05 bits per heavy atom. The summed E-state index contributed by atoms with van der Waals surface area (Å²) in [6.07, 6.45) is 1.84. The van der Waals surface area contributed by atoms with Crippen molar-refractivity contribution in [2.75, 3.05) is 0 Å². The van der Waals surface area contributed by atoms with Crippen LogP contribution in [0.4, 0.5) is 0 Å². The van der Waals surface area contributed by atoms with Crippen molar-refractivity contribution in [1.29, 1.82) is 5.26 Å². The molecule has 0 bridgehead atoms. The van der Waals surface area contributed by atoms with Crippen LogP contribution in [0.1, 0.15) is 11.1 Å². The Morgan fingerprint density at radius 3 is 2.84 bits per heavy atom. The normalized spacial score (nSPS) is 10.5. The zero-order valence-electron chi connectivity index (χ0n) is 10.0. The molecule has 4 heteroatoms. The van der Waals surface area contributed by atoms with Crippen molar-refractivity contribution in [3.05, 3.63) is 64.4 Å². The zero-order valence-corrected chi connectivity index (χ0v) is 11.6. The number of aromatic nitrogens is 2. The van der Waals surface area contributed by atoms with Crippen LogP contribution in [-0.4, -0.2) is 9.55 Å². The van der Waals surface area contributed by atoms with Crippen LogP contribution < -0.4 is 0 Å². The molecule has 0 spiro atoms. The van der Waals surface area contributed by atoms with E-state index in [1.807, 2.05) is 42.7 Å². The number of imidazole rings is 1. The van der Waals surface area contributed by atoms with E-state index in [-0.39, 0.29) is 0 Å². The van der Waals surface area contributed by atoms with Crippen molar-refractivity contribution in [1.82, 2.24) is 9.55 Å². The van der Waals surface area contributed by atoms with Crippen LogP contribution in [0.5, 0.6) is 0 Å². The number of nitriles is 1. The van der Waals surface area contributed by atoms with Gasteiger partial charge in [-0.15, -0.1) is 0 Å². The monoisotopic (exact) mass is 311 g/mol. The topological polar surface area (TPSA) is 41.6 Å². The van der Waals surface area contributed by atoms with Gasteiger partial charge in [-0.3, -0.25) is 0 Å². The molecule has 0 saturated carbocycles. The Balaban J connectivity index is 1.97. The van der Waals surface area contributed by atoms with E-state index in [1.54, 1.807) is 0 Å². The van der Waals surface area contributed by atoms with Gasteiger partial charge in [0.05, 0.1) is 22.9 Å². The van der Waals surface area contributed by atoms with Gasteiger partial charge < -0.3 is 4.57 Å². The third-order valence-corrected chi connectivity index (χ3v) is 3.69. The van der Waals surface area contributed by atoms with Gasteiger partial charge in [0.2, 0.25) is 0 Å². The number of fused-ring (bicyclic) bond motifs is 1. The summed E-state index contributed by atoms with van der Waals surface area (Å²) in [5.41, 5.74) is 3.89. The minimum Gasteiger partial charge on any atom is -0.326 e. The van der Waals surface area contributed by atoms with E-state index in [0.29, 0.717) is 5.56 Å². The molecule has 0 N–H and O–H groups in total. The van der Waals surface area contributed by atoms with Crippen molar-refractivity contribution in [3.8, 4) is 6.07 Å². The fourth-order valence-electron chi connectivity index (χ4n) is 2.08. The molecule has 3 rings (SSSR count). The Morgan fingerprint density at radius 1 is 1.21 bits per heavy atom. The molecule has 0 aliphatic rings. The third kappa shape index (κ3) is 2.25. The molecule has 1 aromatic heterocycles. The molecule has 0 unspecified atom stereocenters. The first kappa shape index (κ1) is 11.9. The number of hydrogen-bond acceptors (Lipinski definition) is 2. The van der Waals surface area contributed by atoms with Gasteiger partial charge in [0, 0.05) is 11.0 Å². The lowest BCUT2D eigenvalue weighted by Gasteiger charge is -2.06. The molecule has 19 heavy (non-hydrogen) atoms. The molecule has 0 aliphatic heterocycles. The van der Waals surface area contributed by atoms with Gasteiger partial charge in [0.25, 0.3) is 0 Å². The van der Waals surface area contributed by atoms with Gasteiger partial charge in [-0.25, -0.2) is 4.98 Å². The van der Waals surface area contributed by atoms with Crippen molar-refractivity contribution >= 4 is 27.0 Å². The lowest BCUT2D eigenvalue weighted by Crippen LogP contribution is -1.98. The summed E-state index contributed by atoms with van der Waals surface area (Å²) in [4.78, 5) is 4.37. The summed E-state index contributed by atoms with van der Waals surface area (Å²) < 4.78 is 2.93. The third-order valence-electron chi connectivity index (χ3n) is 3.03. The average molecular weight is 312 g/mol. The Kier molecular flexibility index (Phi) is 3.06. The molecule has 0 fully saturated rings. The number of rotatable bonds is 2. The summed E-state index contributed by atoms with van der Waals surface area (Å²) in [5, 5.41) is 8.91. The summed E-state index contributed by atoms with van der Waals surface area (Å²) >= 11 is 3.41. The van der Waals surface area contributed by atoms with Gasteiger partial charge in [-0.2, -0.15) is 5.26 Å². The molecule has 3 nitrogen and oxygen atoms in total. The smallest absolute Gasteiger partial charge is 0.100 e. The van der Waals surface area contributed by atoms with Crippen LogP contribution in [0.2, 0.25) is 0 Å². The van der Waals surface area contributed by atoms with Crippen LogP contribution in [0.3, 0.4) is 0 Å². The highest BCUT2D eigenvalue weighted by atomic mass is 79.9. The first-order chi connectivity index (χ1) is 9.28. The number of halogens is 1.